The fraction of sp³-hybridized carbons (Fsp3) is 0.500. The molecule has 0 saturated carbocycles. The Labute approximate surface area is 140 Å². The second kappa shape index (κ2) is 6.63. The molecule has 2 heterocycles. The number of esters is 1. The van der Waals surface area contributed by atoms with Crippen molar-refractivity contribution >= 4 is 23.0 Å². The molecule has 0 aliphatic carbocycles. The molecule has 0 N–H and O–H groups in total. The van der Waals surface area contributed by atoms with Crippen LogP contribution in [0.2, 0.25) is 0 Å². The number of rotatable bonds is 3. The van der Waals surface area contributed by atoms with E-state index >= 15 is 0 Å². The molecule has 6 nitrogen and oxygen atoms in total. The molecule has 0 spiro atoms. The third-order valence-electron chi connectivity index (χ3n) is 4.38. The molecule has 2 aromatic rings. The summed E-state index contributed by atoms with van der Waals surface area (Å²) in [5, 5.41) is 0. The van der Waals surface area contributed by atoms with E-state index in [0.717, 1.165) is 12.8 Å². The average Bonchev–Trinajstić information content (AvgIpc) is 3.04. The van der Waals surface area contributed by atoms with Crippen LogP contribution < -0.4 is 0 Å². The molecule has 1 aromatic heterocycles. The molecule has 6 heteroatoms. The number of benzene rings is 1. The van der Waals surface area contributed by atoms with Crippen molar-refractivity contribution in [2.24, 2.45) is 0 Å². The van der Waals surface area contributed by atoms with E-state index in [0.29, 0.717) is 35.5 Å². The van der Waals surface area contributed by atoms with Crippen LogP contribution in [0, 0.1) is 0 Å². The lowest BCUT2D eigenvalue weighted by Crippen LogP contribution is -2.48. The molecule has 1 saturated heterocycles. The van der Waals surface area contributed by atoms with Crippen molar-refractivity contribution in [2.45, 2.75) is 45.1 Å². The van der Waals surface area contributed by atoms with Gasteiger partial charge in [-0.25, -0.2) is 9.78 Å². The summed E-state index contributed by atoms with van der Waals surface area (Å²) in [7, 11) is 1.36. The number of aromatic nitrogens is 1. The predicted molar refractivity (Wildman–Crippen MR) is 88.8 cm³/mol. The standard InChI is InChI=1S/C18H22N2O4/c1-11(2)16-19-13-10-12(7-8-15(13)24-16)17(21)20-9-5-4-6-14(20)18(22)23-3/h7-8,10-11,14H,4-6,9H2,1-3H3/t14-/m0/s1. The minimum absolute atomic E-state index is 0.166. The second-order valence-corrected chi connectivity index (χ2v) is 6.42. The largest absolute Gasteiger partial charge is 0.467 e. The van der Waals surface area contributed by atoms with Gasteiger partial charge in [-0.05, 0) is 37.5 Å². The first-order valence-electron chi connectivity index (χ1n) is 8.30. The van der Waals surface area contributed by atoms with E-state index in [1.165, 1.54) is 7.11 Å². The van der Waals surface area contributed by atoms with Crippen molar-refractivity contribution in [2.75, 3.05) is 13.7 Å². The molecule has 128 valence electrons. The van der Waals surface area contributed by atoms with Gasteiger partial charge in [-0.15, -0.1) is 0 Å². The second-order valence-electron chi connectivity index (χ2n) is 6.42. The van der Waals surface area contributed by atoms with Crippen molar-refractivity contribution in [1.82, 2.24) is 9.88 Å². The van der Waals surface area contributed by atoms with E-state index in [1.807, 2.05) is 13.8 Å². The number of amides is 1. The molecule has 1 aromatic carbocycles. The maximum Gasteiger partial charge on any atom is 0.328 e. The topological polar surface area (TPSA) is 72.6 Å². The normalized spacial score (nSPS) is 18.2. The summed E-state index contributed by atoms with van der Waals surface area (Å²) in [6.45, 7) is 4.57. The van der Waals surface area contributed by atoms with Crippen molar-refractivity contribution in [3.63, 3.8) is 0 Å². The highest BCUT2D eigenvalue weighted by Crippen LogP contribution is 2.25. The van der Waals surface area contributed by atoms with E-state index in [2.05, 4.69) is 4.98 Å². The summed E-state index contributed by atoms with van der Waals surface area (Å²) in [4.78, 5) is 30.9. The molecule has 0 bridgehead atoms. The molecular weight excluding hydrogens is 308 g/mol. The lowest BCUT2D eigenvalue weighted by Gasteiger charge is -2.33. The Balaban J connectivity index is 1.90. The molecule has 0 unspecified atom stereocenters. The molecule has 1 aliphatic heterocycles. The van der Waals surface area contributed by atoms with Gasteiger partial charge in [0.05, 0.1) is 7.11 Å². The summed E-state index contributed by atoms with van der Waals surface area (Å²) >= 11 is 0. The van der Waals surface area contributed by atoms with Gasteiger partial charge in [0.15, 0.2) is 11.5 Å². The Morgan fingerprint density at radius 2 is 2.12 bits per heavy atom. The number of hydrogen-bond donors (Lipinski definition) is 0. The molecule has 1 atom stereocenters. The third kappa shape index (κ3) is 3.00. The maximum atomic E-state index is 12.9. The van der Waals surface area contributed by atoms with Gasteiger partial charge in [0.1, 0.15) is 11.6 Å². The zero-order valence-corrected chi connectivity index (χ0v) is 14.2. The van der Waals surface area contributed by atoms with Gasteiger partial charge < -0.3 is 14.1 Å². The third-order valence-corrected chi connectivity index (χ3v) is 4.38. The molecule has 1 aliphatic rings. The van der Waals surface area contributed by atoms with Crippen LogP contribution in [0.4, 0.5) is 0 Å². The average molecular weight is 330 g/mol. The Morgan fingerprint density at radius 3 is 2.83 bits per heavy atom. The quantitative estimate of drug-likeness (QED) is 0.809. The van der Waals surface area contributed by atoms with E-state index in [1.54, 1.807) is 23.1 Å². The molecular formula is C18H22N2O4. The number of carbonyl (C=O) groups excluding carboxylic acids is 2. The fourth-order valence-corrected chi connectivity index (χ4v) is 3.05. The van der Waals surface area contributed by atoms with Crippen LogP contribution in [0.25, 0.3) is 11.1 Å². The minimum Gasteiger partial charge on any atom is -0.467 e. The summed E-state index contributed by atoms with van der Waals surface area (Å²) in [5.74, 6) is 0.316. The lowest BCUT2D eigenvalue weighted by atomic mass is 10.0. The van der Waals surface area contributed by atoms with E-state index < -0.39 is 6.04 Å². The Bertz CT molecular complexity index is 765. The summed E-state index contributed by atoms with van der Waals surface area (Å²) in [5.41, 5.74) is 1.84. The summed E-state index contributed by atoms with van der Waals surface area (Å²) in [6.07, 6.45) is 2.45. The Hall–Kier alpha value is -2.37. The van der Waals surface area contributed by atoms with Gasteiger partial charge in [0.2, 0.25) is 0 Å². The highest BCUT2D eigenvalue weighted by atomic mass is 16.5. The van der Waals surface area contributed by atoms with Gasteiger partial charge in [-0.1, -0.05) is 13.8 Å². The number of carbonyl (C=O) groups is 2. The van der Waals surface area contributed by atoms with Gasteiger partial charge in [-0.3, -0.25) is 4.79 Å². The number of likely N-dealkylation sites (tertiary alicyclic amines) is 1. The van der Waals surface area contributed by atoms with Crippen molar-refractivity contribution in [1.29, 1.82) is 0 Å². The highest BCUT2D eigenvalue weighted by Gasteiger charge is 2.33. The maximum absolute atomic E-state index is 12.9. The predicted octanol–water partition coefficient (Wildman–Crippen LogP) is 3.12. The number of piperidine rings is 1. The van der Waals surface area contributed by atoms with Gasteiger partial charge >= 0.3 is 5.97 Å². The SMILES string of the molecule is COC(=O)[C@@H]1CCCCN1C(=O)c1ccc2oc(C(C)C)nc2c1. The van der Waals surface area contributed by atoms with Crippen molar-refractivity contribution < 1.29 is 18.7 Å². The van der Waals surface area contributed by atoms with Crippen LogP contribution in [0.3, 0.4) is 0 Å². The van der Waals surface area contributed by atoms with Crippen LogP contribution in [-0.4, -0.2) is 41.5 Å². The van der Waals surface area contributed by atoms with Gasteiger partial charge in [-0.2, -0.15) is 0 Å². The van der Waals surface area contributed by atoms with E-state index in [4.69, 9.17) is 9.15 Å². The Morgan fingerprint density at radius 1 is 1.33 bits per heavy atom. The zero-order valence-electron chi connectivity index (χ0n) is 14.2. The van der Waals surface area contributed by atoms with Crippen LogP contribution in [0.1, 0.15) is 55.3 Å². The number of nitrogens with zero attached hydrogens (tertiary/aromatic N) is 2. The van der Waals surface area contributed by atoms with Gasteiger partial charge in [0.25, 0.3) is 5.91 Å². The van der Waals surface area contributed by atoms with E-state index in [9.17, 15) is 9.59 Å². The number of oxazole rings is 1. The molecule has 24 heavy (non-hydrogen) atoms. The molecule has 1 amide bonds. The van der Waals surface area contributed by atoms with Crippen molar-refractivity contribution in [3.8, 4) is 0 Å². The molecule has 0 radical (unpaired) electrons. The number of methoxy groups -OCH3 is 1. The fourth-order valence-electron chi connectivity index (χ4n) is 3.05. The first kappa shape index (κ1) is 16.5. The lowest BCUT2D eigenvalue weighted by molar-refractivity contribution is -0.147. The first-order valence-corrected chi connectivity index (χ1v) is 8.30. The number of ether oxygens (including phenoxy) is 1. The summed E-state index contributed by atoms with van der Waals surface area (Å²) in [6, 6.07) is 4.72. The highest BCUT2D eigenvalue weighted by molar-refractivity contribution is 5.99. The van der Waals surface area contributed by atoms with Crippen LogP contribution in [0.15, 0.2) is 22.6 Å². The monoisotopic (exact) mass is 330 g/mol. The van der Waals surface area contributed by atoms with E-state index in [-0.39, 0.29) is 17.8 Å². The minimum atomic E-state index is -0.504. The molecule has 1 fully saturated rings. The van der Waals surface area contributed by atoms with Crippen LogP contribution >= 0.6 is 0 Å². The van der Waals surface area contributed by atoms with Crippen LogP contribution in [0.5, 0.6) is 0 Å². The smallest absolute Gasteiger partial charge is 0.328 e. The van der Waals surface area contributed by atoms with Crippen LogP contribution in [-0.2, 0) is 9.53 Å². The first-order chi connectivity index (χ1) is 11.5. The zero-order chi connectivity index (χ0) is 17.3. The summed E-state index contributed by atoms with van der Waals surface area (Å²) < 4.78 is 10.5. The van der Waals surface area contributed by atoms with Gasteiger partial charge in [0, 0.05) is 18.0 Å². The number of fused-ring (bicyclic) bond motifs is 1. The Kier molecular flexibility index (Phi) is 4.55. The number of hydrogen-bond acceptors (Lipinski definition) is 5. The van der Waals surface area contributed by atoms with Crippen molar-refractivity contribution in [3.05, 3.63) is 29.7 Å². The molecule has 3 rings (SSSR count).